The molecule has 0 bridgehead atoms. The first-order valence-electron chi connectivity index (χ1n) is 13.3. The third kappa shape index (κ3) is 8.63. The van der Waals surface area contributed by atoms with Crippen LogP contribution in [0.15, 0.2) is 0 Å². The summed E-state index contributed by atoms with van der Waals surface area (Å²) in [5.74, 6) is -6.21. The topological polar surface area (TPSA) is 223 Å². The molecule has 40 heavy (non-hydrogen) atoms. The molecule has 0 aliphatic carbocycles. The molecule has 2 fully saturated rings. The average molecular weight is 569 g/mol. The Morgan fingerprint density at radius 3 is 1.98 bits per heavy atom. The third-order valence-electron chi connectivity index (χ3n) is 6.73. The van der Waals surface area contributed by atoms with Gasteiger partial charge >= 0.3 is 5.97 Å². The van der Waals surface area contributed by atoms with E-state index in [1.54, 1.807) is 13.8 Å². The second-order valence-electron chi connectivity index (χ2n) is 10.7. The van der Waals surface area contributed by atoms with Gasteiger partial charge in [-0.2, -0.15) is 0 Å². The molecule has 224 valence electrons. The summed E-state index contributed by atoms with van der Waals surface area (Å²) < 4.78 is 0. The highest BCUT2D eigenvalue weighted by atomic mass is 16.4. The van der Waals surface area contributed by atoms with Crippen molar-refractivity contribution in [2.75, 3.05) is 6.54 Å². The van der Waals surface area contributed by atoms with E-state index in [0.29, 0.717) is 12.8 Å². The number of amides is 6. The SMILES string of the molecule is CC(C)C[C@@H]1NC(=O)[C@H](C)NC(=O)[C@H]2CCCN2C(=O)[C@H](C)NC(=O)[C@H]([C@@H](C)O)NC(=O)[C@H](CC(=O)O)NC1=O. The first-order chi connectivity index (χ1) is 18.6. The number of hydrogen-bond donors (Lipinski definition) is 7. The lowest BCUT2D eigenvalue weighted by atomic mass is 10.0. The van der Waals surface area contributed by atoms with Gasteiger partial charge in [-0.3, -0.25) is 33.6 Å². The van der Waals surface area contributed by atoms with E-state index in [2.05, 4.69) is 26.6 Å². The fourth-order valence-electron chi connectivity index (χ4n) is 4.61. The number of carboxylic acid groups (broad SMARTS) is 1. The van der Waals surface area contributed by atoms with Crippen molar-refractivity contribution in [2.45, 2.75) is 103 Å². The standard InChI is InChI=1S/C25H40N6O9/c1-11(2)9-15-21(36)29-16(10-18(33)34)22(37)30-19(14(5)32)24(39)27-13(4)25(40)31-8-6-7-17(31)23(38)26-12(3)20(35)28-15/h11-17,19,32H,6-10H2,1-5H3,(H,26,38)(H,27,39)(H,28,35)(H,29,36)(H,30,37)(H,33,34)/t12-,13-,14+,15-,16-,17+,19-/m0/s1. The van der Waals surface area contributed by atoms with Crippen molar-refractivity contribution in [2.24, 2.45) is 5.92 Å². The fraction of sp³-hybridized carbons (Fsp3) is 0.720. The van der Waals surface area contributed by atoms with E-state index in [1.165, 1.54) is 25.7 Å². The Hall–Kier alpha value is -3.75. The van der Waals surface area contributed by atoms with Crippen LogP contribution in [-0.2, 0) is 33.6 Å². The molecule has 2 heterocycles. The summed E-state index contributed by atoms with van der Waals surface area (Å²) in [6, 6.07) is -7.57. The number of rotatable bonds is 5. The Morgan fingerprint density at radius 2 is 1.40 bits per heavy atom. The van der Waals surface area contributed by atoms with Crippen LogP contribution in [0.25, 0.3) is 0 Å². The van der Waals surface area contributed by atoms with Gasteiger partial charge in [-0.05, 0) is 46.0 Å². The maximum atomic E-state index is 13.1. The number of fused-ring (bicyclic) bond motifs is 1. The summed E-state index contributed by atoms with van der Waals surface area (Å²) in [7, 11) is 0. The van der Waals surface area contributed by atoms with Crippen molar-refractivity contribution in [1.29, 1.82) is 0 Å². The normalized spacial score (nSPS) is 30.2. The molecule has 0 aromatic carbocycles. The van der Waals surface area contributed by atoms with Crippen molar-refractivity contribution in [1.82, 2.24) is 31.5 Å². The highest BCUT2D eigenvalue weighted by molar-refractivity contribution is 5.99. The van der Waals surface area contributed by atoms with E-state index in [0.717, 1.165) is 0 Å². The van der Waals surface area contributed by atoms with Crippen molar-refractivity contribution >= 4 is 41.4 Å². The maximum Gasteiger partial charge on any atom is 0.305 e. The minimum Gasteiger partial charge on any atom is -0.481 e. The number of nitrogens with one attached hydrogen (secondary N) is 5. The van der Waals surface area contributed by atoms with Crippen LogP contribution in [0.1, 0.15) is 60.3 Å². The number of carboxylic acids is 1. The summed E-state index contributed by atoms with van der Waals surface area (Å²) in [5.41, 5.74) is 0. The van der Waals surface area contributed by atoms with E-state index in [4.69, 9.17) is 0 Å². The van der Waals surface area contributed by atoms with Gasteiger partial charge in [0.1, 0.15) is 36.3 Å². The summed E-state index contributed by atoms with van der Waals surface area (Å²) in [5, 5.41) is 31.6. The molecule has 15 heteroatoms. The summed E-state index contributed by atoms with van der Waals surface area (Å²) in [6.07, 6.45) is -1.34. The second-order valence-corrected chi connectivity index (χ2v) is 10.7. The Bertz CT molecular complexity index is 1020. The number of aliphatic carboxylic acids is 1. The van der Waals surface area contributed by atoms with Crippen molar-refractivity contribution in [3.8, 4) is 0 Å². The van der Waals surface area contributed by atoms with Crippen LogP contribution in [0.5, 0.6) is 0 Å². The largest absolute Gasteiger partial charge is 0.481 e. The second kappa shape index (κ2) is 14.1. The van der Waals surface area contributed by atoms with Crippen LogP contribution in [0.2, 0.25) is 0 Å². The number of hydrogen-bond acceptors (Lipinski definition) is 8. The van der Waals surface area contributed by atoms with Crippen LogP contribution in [-0.4, -0.2) is 105 Å². The van der Waals surface area contributed by atoms with Gasteiger partial charge in [-0.1, -0.05) is 13.8 Å². The molecule has 0 aromatic rings. The first-order valence-corrected chi connectivity index (χ1v) is 13.3. The highest BCUT2D eigenvalue weighted by Gasteiger charge is 2.39. The molecule has 6 amide bonds. The van der Waals surface area contributed by atoms with Crippen LogP contribution >= 0.6 is 0 Å². The zero-order chi connectivity index (χ0) is 30.3. The molecule has 7 atom stereocenters. The summed E-state index contributed by atoms with van der Waals surface area (Å²) in [6.45, 7) is 7.82. The molecule has 0 unspecified atom stereocenters. The number of aliphatic hydroxyl groups is 1. The van der Waals surface area contributed by atoms with E-state index >= 15 is 0 Å². The van der Waals surface area contributed by atoms with Crippen molar-refractivity contribution in [3.63, 3.8) is 0 Å². The quantitative estimate of drug-likeness (QED) is 0.184. The number of carbonyl (C=O) groups is 7. The van der Waals surface area contributed by atoms with Crippen molar-refractivity contribution in [3.05, 3.63) is 0 Å². The zero-order valence-corrected chi connectivity index (χ0v) is 23.4. The lowest BCUT2D eigenvalue weighted by Crippen LogP contribution is -2.62. The number of aliphatic hydroxyl groups excluding tert-OH is 1. The lowest BCUT2D eigenvalue weighted by molar-refractivity contribution is -0.143. The number of carbonyl (C=O) groups excluding carboxylic acids is 6. The smallest absolute Gasteiger partial charge is 0.305 e. The van der Waals surface area contributed by atoms with Crippen LogP contribution in [0, 0.1) is 5.92 Å². The monoisotopic (exact) mass is 568 g/mol. The van der Waals surface area contributed by atoms with E-state index in [1.807, 2.05) is 0 Å². The molecule has 0 saturated carbocycles. The minimum atomic E-state index is -1.66. The Labute approximate surface area is 232 Å². The summed E-state index contributed by atoms with van der Waals surface area (Å²) in [4.78, 5) is 91.0. The maximum absolute atomic E-state index is 13.1. The Kier molecular flexibility index (Phi) is 11.4. The predicted octanol–water partition coefficient (Wildman–Crippen LogP) is -2.64. The molecule has 7 N–H and O–H groups in total. The van der Waals surface area contributed by atoms with Gasteiger partial charge in [-0.15, -0.1) is 0 Å². The predicted molar refractivity (Wildman–Crippen MR) is 139 cm³/mol. The molecule has 2 rings (SSSR count). The van der Waals surface area contributed by atoms with Gasteiger partial charge in [0.2, 0.25) is 35.4 Å². The van der Waals surface area contributed by atoms with Gasteiger partial charge in [0.15, 0.2) is 0 Å². The van der Waals surface area contributed by atoms with Crippen LogP contribution in [0.4, 0.5) is 0 Å². The van der Waals surface area contributed by atoms with Crippen LogP contribution in [0.3, 0.4) is 0 Å². The number of nitrogens with zero attached hydrogens (tertiary/aromatic N) is 1. The average Bonchev–Trinajstić information content (AvgIpc) is 3.34. The zero-order valence-electron chi connectivity index (χ0n) is 23.4. The van der Waals surface area contributed by atoms with Gasteiger partial charge in [0, 0.05) is 6.54 Å². The third-order valence-corrected chi connectivity index (χ3v) is 6.73. The molecule has 2 aliphatic heterocycles. The molecule has 2 saturated heterocycles. The van der Waals surface area contributed by atoms with Crippen LogP contribution < -0.4 is 26.6 Å². The Balaban J connectivity index is 2.47. The first kappa shape index (κ1) is 32.5. The van der Waals surface area contributed by atoms with Crippen molar-refractivity contribution < 1.29 is 43.8 Å². The molecule has 0 spiro atoms. The van der Waals surface area contributed by atoms with Gasteiger partial charge in [0.05, 0.1) is 12.5 Å². The fourth-order valence-corrected chi connectivity index (χ4v) is 4.61. The van der Waals surface area contributed by atoms with E-state index in [-0.39, 0.29) is 18.9 Å². The molecular formula is C25H40N6O9. The van der Waals surface area contributed by atoms with E-state index < -0.39 is 90.2 Å². The summed E-state index contributed by atoms with van der Waals surface area (Å²) >= 11 is 0. The highest BCUT2D eigenvalue weighted by Crippen LogP contribution is 2.19. The Morgan fingerprint density at radius 1 is 0.825 bits per heavy atom. The van der Waals surface area contributed by atoms with E-state index in [9.17, 15) is 43.8 Å². The van der Waals surface area contributed by atoms with Gasteiger partial charge in [-0.25, -0.2) is 0 Å². The molecule has 2 aliphatic rings. The molecule has 15 nitrogen and oxygen atoms in total. The molecule has 0 radical (unpaired) electrons. The minimum absolute atomic E-state index is 0.103. The molecular weight excluding hydrogens is 528 g/mol. The van der Waals surface area contributed by atoms with Gasteiger partial charge < -0.3 is 41.7 Å². The lowest BCUT2D eigenvalue weighted by Gasteiger charge is -2.30. The molecule has 0 aromatic heterocycles. The van der Waals surface area contributed by atoms with Gasteiger partial charge in [0.25, 0.3) is 0 Å².